The molecule has 0 saturated carbocycles. The fraction of sp³-hybridized carbons (Fsp3) is 0.403. The second kappa shape index (κ2) is 31.1. The van der Waals surface area contributed by atoms with Crippen molar-refractivity contribution in [1.82, 2.24) is 37.3 Å². The Morgan fingerprint density at radius 3 is 1.91 bits per heavy atom. The highest BCUT2D eigenvalue weighted by molar-refractivity contribution is 6.39. The number of aliphatic hydroxyl groups excluding tert-OH is 6. The van der Waals surface area contributed by atoms with Crippen LogP contribution in [0.3, 0.4) is 0 Å². The Kier molecular flexibility index (Phi) is 22.9. The summed E-state index contributed by atoms with van der Waals surface area (Å²) in [4.78, 5) is 129. The number of hydrogen-bond acceptors (Lipinski definition) is 26. The summed E-state index contributed by atoms with van der Waals surface area (Å²) in [5.41, 5.74) is 9.56. The average Bonchev–Trinajstić information content (AvgIpc) is 0.767. The van der Waals surface area contributed by atoms with E-state index in [0.29, 0.717) is 0 Å². The number of nitrogens with zero attached hydrogens (tertiary/aromatic N) is 1. The van der Waals surface area contributed by atoms with Gasteiger partial charge in [-0.05, 0) is 103 Å². The number of halogens is 2. The molecule has 21 N–H and O–H groups in total. The molecule has 2 fully saturated rings. The third kappa shape index (κ3) is 16.5. The lowest BCUT2D eigenvalue weighted by atomic mass is 9.86. The number of aliphatic hydroxyl groups is 6. The fourth-order valence-corrected chi connectivity index (χ4v) is 12.8. The van der Waals surface area contributed by atoms with Crippen LogP contribution in [-0.4, -0.2) is 189 Å². The van der Waals surface area contributed by atoms with E-state index in [9.17, 15) is 79.8 Å². The molecule has 0 unspecified atom stereocenters. The van der Waals surface area contributed by atoms with E-state index in [2.05, 4.69) is 42.4 Å². The van der Waals surface area contributed by atoms with Crippen molar-refractivity contribution in [3.05, 3.63) is 117 Å². The molecule has 35 nitrogen and oxygen atoms in total. The van der Waals surface area contributed by atoms with Gasteiger partial charge >= 0.3 is 5.97 Å². The third-order valence-electron chi connectivity index (χ3n) is 17.6. The monoisotopic (exact) mass is 1490 g/mol. The summed E-state index contributed by atoms with van der Waals surface area (Å²) in [6.07, 6.45) is -19.3. The van der Waals surface area contributed by atoms with Gasteiger partial charge in [-0.2, -0.15) is 5.10 Å². The Morgan fingerprint density at radius 1 is 0.721 bits per heavy atom. The van der Waals surface area contributed by atoms with Gasteiger partial charge < -0.3 is 123 Å². The summed E-state index contributed by atoms with van der Waals surface area (Å²) < 4.78 is 38.3. The first-order chi connectivity index (χ1) is 49.0. The Labute approximate surface area is 599 Å². The van der Waals surface area contributed by atoms with Gasteiger partial charge in [-0.15, -0.1) is 0 Å². The van der Waals surface area contributed by atoms with Crippen LogP contribution in [0.2, 0.25) is 10.0 Å². The highest BCUT2D eigenvalue weighted by atomic mass is 35.5. The number of rotatable bonds is 13. The van der Waals surface area contributed by atoms with E-state index in [1.807, 2.05) is 0 Å². The standard InChI is InChI=1S/C67H74Cl2N10O25/c1-23(2)12-36(79-78-25(4)81)60(92)76-50-52(86)27-7-10-39(33(68)14-27)100-41-16-29-17-42(56(41)104-66-57(55(89)54(88)43(22-80)102-66)103-45-21-67(5,71)58(90)24(3)99-45)101-40-11-8-28(15-34(40)69)53(87)51-64(96)75-49(65(97)98)32-18-30(82)19-38(84)46(32)31-13-26(6-9-37(31)83)47(61(93)77-51)74-62(94)48(29)73-59(91)35(20-44(70)85)72-63(50)95/h6-11,13-19,23-24,35,43,45,47-55,57-58,66,80,82-84,86-90H,12,20-22,71H2,1-5H3,(H2,70,85)(H,72,95)(H,73,91)(H,74,94)(H,75,96)(H,76,92)(H,77,93)(H,78,81)(H,97,98)/b79-36-/t24-,35-,43+,45-,47+,48+,49-,50+,51-,52+,53+,54+,55-,57+,58+,66-,67-/m0/s1. The first-order valence-electron chi connectivity index (χ1n) is 32.1. The first-order valence-corrected chi connectivity index (χ1v) is 32.9. The molecule has 17 atom stereocenters. The molecule has 2 saturated heterocycles. The number of benzene rings is 5. The number of ether oxygens (including phenoxy) is 6. The van der Waals surface area contributed by atoms with Crippen LogP contribution in [0.4, 0.5) is 0 Å². The molecule has 556 valence electrons. The number of primary amides is 1. The molecule has 0 spiro atoms. The quantitative estimate of drug-likeness (QED) is 0.0545. The van der Waals surface area contributed by atoms with Crippen molar-refractivity contribution >= 4 is 82.1 Å². The van der Waals surface area contributed by atoms with Crippen molar-refractivity contribution < 1.29 is 123 Å². The van der Waals surface area contributed by atoms with Crippen molar-refractivity contribution in [3.8, 4) is 57.1 Å². The predicted octanol–water partition coefficient (Wildman–Crippen LogP) is 0.0103. The van der Waals surface area contributed by atoms with Crippen molar-refractivity contribution in [2.24, 2.45) is 22.5 Å². The van der Waals surface area contributed by atoms with Gasteiger partial charge in [-0.1, -0.05) is 55.2 Å². The molecule has 11 bridgehead atoms. The summed E-state index contributed by atoms with van der Waals surface area (Å²) >= 11 is 14.1. The second-order valence-corrected chi connectivity index (χ2v) is 26.8. The number of hydrogen-bond donors (Lipinski definition) is 19. The van der Waals surface area contributed by atoms with Gasteiger partial charge in [-0.3, -0.25) is 38.4 Å². The largest absolute Gasteiger partial charge is 0.508 e. The molecule has 7 aliphatic heterocycles. The molecule has 37 heteroatoms. The van der Waals surface area contributed by atoms with Crippen LogP contribution >= 0.6 is 23.2 Å². The number of carboxylic acid groups (broad SMARTS) is 1. The van der Waals surface area contributed by atoms with Gasteiger partial charge in [0, 0.05) is 41.6 Å². The SMILES string of the molecule is CC(=O)N/N=C(/CC(C)C)C(=O)N[C@H]1C(=O)N[C@@H](CC(N)=O)C(=O)N[C@H]2C(=O)N[C@H]3C(=O)N[C@H](C(=O)N[C@H](C(=O)O)c4cc(O)cc(O)c4-c4cc3ccc4O)[C@H](O)c3ccc(c(Cl)c3)Oc3cc2cc(c3O[C@@H]2O[C@H](CO)[C@@H](O)[C@H](O)[C@H]2O[C@H]2C[C@](C)(N)[C@H](O)[C@H](C)O2)Oc2ccc(cc2Cl)[C@H]1O. The molecule has 5 aromatic carbocycles. The fourth-order valence-electron chi connectivity index (χ4n) is 12.4. The van der Waals surface area contributed by atoms with Gasteiger partial charge in [0.25, 0.3) is 5.91 Å². The maximum Gasteiger partial charge on any atom is 0.330 e. The highest BCUT2D eigenvalue weighted by Crippen LogP contribution is 2.50. The van der Waals surface area contributed by atoms with Crippen LogP contribution in [0.15, 0.2) is 84.0 Å². The minimum atomic E-state index is -2.39. The first kappa shape index (κ1) is 76.6. The predicted molar refractivity (Wildman–Crippen MR) is 358 cm³/mol. The minimum absolute atomic E-state index is 0.134. The zero-order valence-corrected chi connectivity index (χ0v) is 57.1. The number of amides is 8. The summed E-state index contributed by atoms with van der Waals surface area (Å²) in [6, 6.07) is -0.386. The van der Waals surface area contributed by atoms with E-state index in [1.54, 1.807) is 13.8 Å². The number of carboxylic acids is 1. The van der Waals surface area contributed by atoms with E-state index in [0.717, 1.165) is 85.8 Å². The van der Waals surface area contributed by atoms with Crippen molar-refractivity contribution in [3.63, 3.8) is 0 Å². The Bertz CT molecular complexity index is 4280. The molecule has 7 heterocycles. The van der Waals surface area contributed by atoms with Gasteiger partial charge in [0.2, 0.25) is 53.4 Å². The number of aliphatic carboxylic acids is 1. The lowest BCUT2D eigenvalue weighted by Gasteiger charge is -2.47. The number of phenols is 3. The van der Waals surface area contributed by atoms with Crippen LogP contribution < -0.4 is 63.0 Å². The summed E-state index contributed by atoms with van der Waals surface area (Å²) in [5.74, 6) is -17.7. The van der Waals surface area contributed by atoms with Crippen LogP contribution in [0, 0.1) is 5.92 Å². The normalized spacial score (nSPS) is 28.7. The van der Waals surface area contributed by atoms with Crippen molar-refractivity contribution in [2.45, 2.75) is 157 Å². The summed E-state index contributed by atoms with van der Waals surface area (Å²) in [7, 11) is 0. The number of hydrazone groups is 1. The number of carbonyl (C=O) groups excluding carboxylic acids is 8. The van der Waals surface area contributed by atoms with E-state index in [-0.39, 0.29) is 41.2 Å². The van der Waals surface area contributed by atoms with Crippen molar-refractivity contribution in [1.29, 1.82) is 0 Å². The van der Waals surface area contributed by atoms with Gasteiger partial charge in [0.1, 0.15) is 95.2 Å². The topological polar surface area (TPSA) is 560 Å². The maximum atomic E-state index is 16.1. The number of carbonyl (C=O) groups is 9. The Morgan fingerprint density at radius 2 is 1.33 bits per heavy atom. The van der Waals surface area contributed by atoms with Crippen LogP contribution in [0.1, 0.15) is 112 Å². The lowest BCUT2D eigenvalue weighted by Crippen LogP contribution is -2.64. The molecule has 0 radical (unpaired) electrons. The molecule has 0 aromatic heterocycles. The van der Waals surface area contributed by atoms with Crippen LogP contribution in [0.25, 0.3) is 11.1 Å². The average molecular weight is 1490 g/mol. The van der Waals surface area contributed by atoms with E-state index < -0.39 is 248 Å². The molecule has 104 heavy (non-hydrogen) atoms. The van der Waals surface area contributed by atoms with Crippen molar-refractivity contribution in [2.75, 3.05) is 6.61 Å². The number of nitrogens with two attached hydrogens (primary N) is 2. The zero-order valence-electron chi connectivity index (χ0n) is 55.6. The number of aromatic hydroxyl groups is 3. The van der Waals surface area contributed by atoms with Crippen LogP contribution in [-0.2, 0) is 57.4 Å². The lowest BCUT2D eigenvalue weighted by molar-refractivity contribution is -0.333. The minimum Gasteiger partial charge on any atom is -0.508 e. The molecule has 7 aliphatic rings. The maximum absolute atomic E-state index is 16.1. The van der Waals surface area contributed by atoms with Crippen LogP contribution in [0.5, 0.6) is 46.0 Å². The molecular formula is C67H74Cl2N10O25. The van der Waals surface area contributed by atoms with E-state index >= 15 is 14.4 Å². The summed E-state index contributed by atoms with van der Waals surface area (Å²) in [6.45, 7) is 6.46. The molecule has 0 aliphatic carbocycles. The molecule has 12 rings (SSSR count). The third-order valence-corrected chi connectivity index (χ3v) is 18.2. The van der Waals surface area contributed by atoms with Gasteiger partial charge in [0.05, 0.1) is 35.3 Å². The molecule has 8 amide bonds. The second-order valence-electron chi connectivity index (χ2n) is 26.0. The van der Waals surface area contributed by atoms with Gasteiger partial charge in [-0.25, -0.2) is 10.2 Å². The zero-order chi connectivity index (χ0) is 75.8. The molecule has 5 aromatic rings. The van der Waals surface area contributed by atoms with Gasteiger partial charge in [0.15, 0.2) is 29.9 Å². The smallest absolute Gasteiger partial charge is 0.330 e. The number of phenolic OH excluding ortho intramolecular Hbond substituents is 3. The highest BCUT2D eigenvalue weighted by Gasteiger charge is 2.51. The molecular weight excluding hydrogens is 1420 g/mol. The number of nitrogens with one attached hydrogen (secondary N) is 7. The van der Waals surface area contributed by atoms with E-state index in [4.69, 9.17) is 63.1 Å². The number of fused-ring (bicyclic) bond motifs is 15. The Hall–Kier alpha value is -10.0. The summed E-state index contributed by atoms with van der Waals surface area (Å²) in [5, 5.41) is 131. The van der Waals surface area contributed by atoms with E-state index in [1.165, 1.54) is 13.8 Å². The Balaban J connectivity index is 1.24.